The van der Waals surface area contributed by atoms with Crippen LogP contribution in [0, 0.1) is 0 Å². The van der Waals surface area contributed by atoms with Crippen LogP contribution in [0.15, 0.2) is 36.4 Å². The van der Waals surface area contributed by atoms with Crippen molar-refractivity contribution in [3.05, 3.63) is 42.0 Å². The van der Waals surface area contributed by atoms with Crippen molar-refractivity contribution in [1.82, 2.24) is 0 Å². The zero-order valence-corrected chi connectivity index (χ0v) is 12.4. The van der Waals surface area contributed by atoms with E-state index in [4.69, 9.17) is 10.5 Å². The highest BCUT2D eigenvalue weighted by Crippen LogP contribution is 2.32. The molecule has 0 saturated carbocycles. The Morgan fingerprint density at radius 2 is 2.00 bits per heavy atom. The van der Waals surface area contributed by atoms with E-state index in [0.717, 1.165) is 34.8 Å². The molecule has 2 aromatic carbocycles. The van der Waals surface area contributed by atoms with Crippen molar-refractivity contribution in [3.8, 4) is 5.75 Å². The number of fused-ring (bicyclic) bond motifs is 1. The number of hydrogen-bond donors (Lipinski definition) is 1. The van der Waals surface area contributed by atoms with Crippen LogP contribution < -0.4 is 10.5 Å². The molecule has 1 atom stereocenters. The van der Waals surface area contributed by atoms with Crippen LogP contribution in [0.3, 0.4) is 0 Å². The van der Waals surface area contributed by atoms with E-state index in [0.29, 0.717) is 0 Å². The van der Waals surface area contributed by atoms with Gasteiger partial charge in [0.15, 0.2) is 0 Å². The molecule has 0 aromatic heterocycles. The van der Waals surface area contributed by atoms with Crippen molar-refractivity contribution in [2.45, 2.75) is 19.9 Å². The van der Waals surface area contributed by atoms with Crippen LogP contribution in [0.1, 0.15) is 25.5 Å². The highest BCUT2D eigenvalue weighted by molar-refractivity contribution is 7.99. The summed E-state index contributed by atoms with van der Waals surface area (Å²) >= 11 is 1.89. The maximum Gasteiger partial charge on any atom is 0.131 e. The minimum atomic E-state index is -0.0153. The second-order valence-corrected chi connectivity index (χ2v) is 5.93. The van der Waals surface area contributed by atoms with Gasteiger partial charge >= 0.3 is 0 Å². The van der Waals surface area contributed by atoms with Crippen molar-refractivity contribution in [1.29, 1.82) is 0 Å². The van der Waals surface area contributed by atoms with E-state index in [2.05, 4.69) is 31.2 Å². The normalized spacial score (nSPS) is 12.6. The van der Waals surface area contributed by atoms with Crippen molar-refractivity contribution >= 4 is 22.5 Å². The molecule has 0 aliphatic heterocycles. The lowest BCUT2D eigenvalue weighted by Crippen LogP contribution is -2.10. The van der Waals surface area contributed by atoms with Crippen molar-refractivity contribution < 1.29 is 4.74 Å². The Kier molecular flexibility index (Phi) is 5.11. The van der Waals surface area contributed by atoms with Gasteiger partial charge in [0.05, 0.1) is 6.61 Å². The summed E-state index contributed by atoms with van der Waals surface area (Å²) in [6.45, 7) is 4.89. The third-order valence-corrected chi connectivity index (χ3v) is 3.94. The van der Waals surface area contributed by atoms with Gasteiger partial charge in [0.1, 0.15) is 5.75 Å². The zero-order chi connectivity index (χ0) is 13.7. The molecule has 2 nitrogen and oxygen atoms in total. The summed E-state index contributed by atoms with van der Waals surface area (Å²) in [5.74, 6) is 3.08. The van der Waals surface area contributed by atoms with E-state index in [1.165, 1.54) is 5.39 Å². The van der Waals surface area contributed by atoms with Gasteiger partial charge in [-0.05, 0) is 18.1 Å². The number of rotatable bonds is 6. The van der Waals surface area contributed by atoms with Gasteiger partial charge in [-0.2, -0.15) is 11.8 Å². The highest BCUT2D eigenvalue weighted by Gasteiger charge is 2.11. The Labute approximate surface area is 119 Å². The van der Waals surface area contributed by atoms with Crippen LogP contribution in [0.5, 0.6) is 5.75 Å². The predicted molar refractivity (Wildman–Crippen MR) is 85.0 cm³/mol. The molecular formula is C16H21NOS. The molecule has 0 radical (unpaired) electrons. The molecule has 0 bridgehead atoms. The van der Waals surface area contributed by atoms with Gasteiger partial charge in [-0.1, -0.05) is 43.3 Å². The lowest BCUT2D eigenvalue weighted by Gasteiger charge is -2.16. The van der Waals surface area contributed by atoms with Crippen LogP contribution in [-0.4, -0.2) is 18.1 Å². The molecule has 0 spiro atoms. The van der Waals surface area contributed by atoms with Gasteiger partial charge in [-0.25, -0.2) is 0 Å². The topological polar surface area (TPSA) is 35.2 Å². The summed E-state index contributed by atoms with van der Waals surface area (Å²) in [7, 11) is 0. The Balaban J connectivity index is 2.33. The number of ether oxygens (including phenoxy) is 1. The summed E-state index contributed by atoms with van der Waals surface area (Å²) in [4.78, 5) is 0. The average Bonchev–Trinajstić information content (AvgIpc) is 2.43. The van der Waals surface area contributed by atoms with E-state index in [1.54, 1.807) is 0 Å². The quantitative estimate of drug-likeness (QED) is 0.810. The third-order valence-electron chi connectivity index (χ3n) is 3.08. The monoisotopic (exact) mass is 275 g/mol. The largest absolute Gasteiger partial charge is 0.492 e. The fourth-order valence-corrected chi connectivity index (χ4v) is 2.62. The number of benzene rings is 2. The molecule has 0 aliphatic carbocycles. The van der Waals surface area contributed by atoms with E-state index in [9.17, 15) is 0 Å². The first-order valence-electron chi connectivity index (χ1n) is 6.71. The van der Waals surface area contributed by atoms with E-state index < -0.39 is 0 Å². The third kappa shape index (κ3) is 3.43. The molecule has 2 N–H and O–H groups in total. The standard InChI is InChI=1S/C16H21NOS/c1-3-19-11-10-18-16-14(12(2)17)9-8-13-6-4-5-7-15(13)16/h4-9,12H,3,10-11,17H2,1-2H3. The summed E-state index contributed by atoms with van der Waals surface area (Å²) in [5.41, 5.74) is 7.13. The Morgan fingerprint density at radius 1 is 1.21 bits per heavy atom. The van der Waals surface area contributed by atoms with Gasteiger partial charge < -0.3 is 10.5 Å². The summed E-state index contributed by atoms with van der Waals surface area (Å²) in [6, 6.07) is 12.5. The molecule has 3 heteroatoms. The van der Waals surface area contributed by atoms with Crippen LogP contribution >= 0.6 is 11.8 Å². The molecule has 1 unspecified atom stereocenters. The van der Waals surface area contributed by atoms with E-state index in [1.807, 2.05) is 30.8 Å². The van der Waals surface area contributed by atoms with E-state index >= 15 is 0 Å². The smallest absolute Gasteiger partial charge is 0.131 e. The van der Waals surface area contributed by atoms with Gasteiger partial charge in [0, 0.05) is 22.7 Å². The first-order valence-corrected chi connectivity index (χ1v) is 7.87. The second kappa shape index (κ2) is 6.83. The zero-order valence-electron chi connectivity index (χ0n) is 11.6. The predicted octanol–water partition coefficient (Wildman–Crippen LogP) is 3.99. The summed E-state index contributed by atoms with van der Waals surface area (Å²) in [5, 5.41) is 2.35. The molecule has 0 fully saturated rings. The average molecular weight is 275 g/mol. The number of hydrogen-bond acceptors (Lipinski definition) is 3. The van der Waals surface area contributed by atoms with Crippen LogP contribution in [-0.2, 0) is 0 Å². The molecule has 102 valence electrons. The summed E-state index contributed by atoms with van der Waals surface area (Å²) in [6.07, 6.45) is 0. The lowest BCUT2D eigenvalue weighted by molar-refractivity contribution is 0.342. The van der Waals surface area contributed by atoms with Crippen LogP contribution in [0.25, 0.3) is 10.8 Å². The van der Waals surface area contributed by atoms with Gasteiger partial charge in [-0.3, -0.25) is 0 Å². The molecule has 2 aromatic rings. The molecule has 19 heavy (non-hydrogen) atoms. The van der Waals surface area contributed by atoms with Crippen LogP contribution in [0.2, 0.25) is 0 Å². The fraction of sp³-hybridized carbons (Fsp3) is 0.375. The minimum Gasteiger partial charge on any atom is -0.492 e. The SMILES string of the molecule is CCSCCOc1c(C(C)N)ccc2ccccc12. The minimum absolute atomic E-state index is 0.0153. The number of nitrogens with two attached hydrogens (primary N) is 1. The first kappa shape index (κ1) is 14.2. The highest BCUT2D eigenvalue weighted by atomic mass is 32.2. The van der Waals surface area contributed by atoms with E-state index in [-0.39, 0.29) is 6.04 Å². The lowest BCUT2D eigenvalue weighted by atomic mass is 10.0. The number of thioether (sulfide) groups is 1. The molecule has 0 saturated heterocycles. The van der Waals surface area contributed by atoms with Crippen molar-refractivity contribution in [2.24, 2.45) is 5.73 Å². The molecular weight excluding hydrogens is 254 g/mol. The maximum absolute atomic E-state index is 6.05. The maximum atomic E-state index is 6.05. The van der Waals surface area contributed by atoms with Gasteiger partial charge in [-0.15, -0.1) is 0 Å². The Bertz CT molecular complexity index is 539. The summed E-state index contributed by atoms with van der Waals surface area (Å²) < 4.78 is 6.01. The second-order valence-electron chi connectivity index (χ2n) is 4.54. The van der Waals surface area contributed by atoms with Crippen molar-refractivity contribution in [2.75, 3.05) is 18.1 Å². The molecule has 0 heterocycles. The van der Waals surface area contributed by atoms with Crippen LogP contribution in [0.4, 0.5) is 0 Å². The molecule has 0 amide bonds. The molecule has 0 aliphatic rings. The van der Waals surface area contributed by atoms with Gasteiger partial charge in [0.25, 0.3) is 0 Å². The molecule has 2 rings (SSSR count). The fourth-order valence-electron chi connectivity index (χ4n) is 2.13. The Morgan fingerprint density at radius 3 is 2.74 bits per heavy atom. The first-order chi connectivity index (χ1) is 9.24. The van der Waals surface area contributed by atoms with Gasteiger partial charge in [0.2, 0.25) is 0 Å². The Hall–Kier alpha value is -1.19. The van der Waals surface area contributed by atoms with Crippen molar-refractivity contribution in [3.63, 3.8) is 0 Å².